The Hall–Kier alpha value is 1.21. The molecule has 0 amide bonds. The zero-order valence-electron chi connectivity index (χ0n) is 18.5. The van der Waals surface area contributed by atoms with Gasteiger partial charge in [0.15, 0.2) is 0 Å². The first-order chi connectivity index (χ1) is 11.8. The zero-order valence-corrected chi connectivity index (χ0v) is 21.6. The Balaban J connectivity index is -0.000000882. The first-order valence-electron chi connectivity index (χ1n) is 11.2. The normalized spacial score (nSPS) is 10.2. The third-order valence-corrected chi connectivity index (χ3v) is 4.79. The summed E-state index contributed by atoms with van der Waals surface area (Å²) in [4.78, 5) is 6.08. The number of hydroxylamine groups is 2. The van der Waals surface area contributed by atoms with Crippen LogP contribution in [0.1, 0.15) is 124 Å². The third-order valence-electron chi connectivity index (χ3n) is 4.79. The molecule has 2 nitrogen and oxygen atoms in total. The molecular weight excluding hydrogens is 413 g/mol. The summed E-state index contributed by atoms with van der Waals surface area (Å²) in [6.07, 6.45) is 21.6. The number of hydrogen-bond donors (Lipinski definition) is 0. The molecular formula is C22H47Cl2NOTi. The van der Waals surface area contributed by atoms with Crippen LogP contribution in [0.25, 0.3) is 0 Å². The molecule has 164 valence electrons. The molecule has 0 saturated carbocycles. The smallest absolute Gasteiger partial charge is 1.00 e. The van der Waals surface area contributed by atoms with Gasteiger partial charge in [0.1, 0.15) is 0 Å². The van der Waals surface area contributed by atoms with Crippen molar-refractivity contribution < 1.29 is 51.4 Å². The Kier molecular flexibility index (Phi) is 42.1. The van der Waals surface area contributed by atoms with Crippen LogP contribution in [-0.2, 0) is 26.6 Å². The summed E-state index contributed by atoms with van der Waals surface area (Å²) in [6.45, 7) is 10.0. The van der Waals surface area contributed by atoms with E-state index in [-0.39, 0.29) is 46.5 Å². The summed E-state index contributed by atoms with van der Waals surface area (Å²) in [6, 6.07) is 0. The molecule has 0 N–H and O–H groups in total. The van der Waals surface area contributed by atoms with Crippen molar-refractivity contribution in [1.82, 2.24) is 5.06 Å². The van der Waals surface area contributed by atoms with Crippen molar-refractivity contribution in [2.75, 3.05) is 19.7 Å². The predicted molar refractivity (Wildman–Crippen MR) is 108 cm³/mol. The second-order valence-electron chi connectivity index (χ2n) is 7.36. The van der Waals surface area contributed by atoms with E-state index in [1.165, 1.54) is 103 Å². The molecule has 0 unspecified atom stereocenters. The number of unbranched alkanes of at least 4 members (excludes halogenated alkanes) is 13. The van der Waals surface area contributed by atoms with Crippen molar-refractivity contribution >= 4 is 0 Å². The van der Waals surface area contributed by atoms with Gasteiger partial charge in [0.2, 0.25) is 0 Å². The van der Waals surface area contributed by atoms with Crippen molar-refractivity contribution in [2.45, 2.75) is 124 Å². The monoisotopic (exact) mass is 459 g/mol. The fourth-order valence-electron chi connectivity index (χ4n) is 3.10. The van der Waals surface area contributed by atoms with Gasteiger partial charge in [-0.05, 0) is 19.3 Å². The Morgan fingerprint density at radius 2 is 0.815 bits per heavy atom. The van der Waals surface area contributed by atoms with Gasteiger partial charge in [-0.2, -0.15) is 5.06 Å². The molecule has 0 atom stereocenters. The molecule has 0 aliphatic heterocycles. The minimum Gasteiger partial charge on any atom is -1.00 e. The number of rotatable bonds is 20. The topological polar surface area (TPSA) is 12.5 Å². The van der Waals surface area contributed by atoms with E-state index >= 15 is 0 Å². The maximum absolute atomic E-state index is 6.08. The van der Waals surface area contributed by atoms with Crippen LogP contribution < -0.4 is 24.8 Å². The summed E-state index contributed by atoms with van der Waals surface area (Å²) in [5.74, 6) is 0. The molecule has 0 aromatic carbocycles. The summed E-state index contributed by atoms with van der Waals surface area (Å²) in [7, 11) is 0. The SMILES string of the molecule is CCCCCCCCN(CCCCCCCC)OCCCCCC.[Cl-].[Cl-].[Ti+2]. The molecule has 0 rings (SSSR count). The third kappa shape index (κ3) is 29.5. The molecule has 0 saturated heterocycles. The first kappa shape index (κ1) is 35.6. The predicted octanol–water partition coefficient (Wildman–Crippen LogP) is 1.53. The molecule has 0 spiro atoms. The van der Waals surface area contributed by atoms with Crippen molar-refractivity contribution in [3.05, 3.63) is 0 Å². The molecule has 0 radical (unpaired) electrons. The van der Waals surface area contributed by atoms with Crippen molar-refractivity contribution in [3.63, 3.8) is 0 Å². The summed E-state index contributed by atoms with van der Waals surface area (Å²) < 4.78 is 0. The zero-order chi connectivity index (χ0) is 17.7. The van der Waals surface area contributed by atoms with Crippen LogP contribution in [0.2, 0.25) is 0 Å². The van der Waals surface area contributed by atoms with E-state index in [9.17, 15) is 0 Å². The maximum atomic E-state index is 6.08. The van der Waals surface area contributed by atoms with Gasteiger partial charge in [-0.3, -0.25) is 4.84 Å². The van der Waals surface area contributed by atoms with Gasteiger partial charge in [-0.15, -0.1) is 0 Å². The van der Waals surface area contributed by atoms with Gasteiger partial charge in [0.05, 0.1) is 6.61 Å². The van der Waals surface area contributed by atoms with Crippen LogP contribution in [0.5, 0.6) is 0 Å². The second kappa shape index (κ2) is 31.9. The summed E-state index contributed by atoms with van der Waals surface area (Å²) in [5.41, 5.74) is 0. The van der Waals surface area contributed by atoms with E-state index in [1.54, 1.807) is 0 Å². The van der Waals surface area contributed by atoms with E-state index in [1.807, 2.05) is 0 Å². The van der Waals surface area contributed by atoms with Gasteiger partial charge < -0.3 is 24.8 Å². The van der Waals surface area contributed by atoms with Crippen LogP contribution in [-0.4, -0.2) is 24.8 Å². The van der Waals surface area contributed by atoms with E-state index in [0.717, 1.165) is 19.7 Å². The van der Waals surface area contributed by atoms with Crippen LogP contribution in [0.4, 0.5) is 0 Å². The molecule has 0 bridgehead atoms. The minimum absolute atomic E-state index is 0. The molecule has 0 fully saturated rings. The molecule has 0 aromatic rings. The molecule has 5 heteroatoms. The van der Waals surface area contributed by atoms with E-state index in [2.05, 4.69) is 25.8 Å². The van der Waals surface area contributed by atoms with Gasteiger partial charge in [0.25, 0.3) is 0 Å². The fourth-order valence-corrected chi connectivity index (χ4v) is 3.10. The van der Waals surface area contributed by atoms with Gasteiger partial charge in [-0.25, -0.2) is 0 Å². The van der Waals surface area contributed by atoms with Crippen LogP contribution in [0, 0.1) is 0 Å². The van der Waals surface area contributed by atoms with E-state index in [4.69, 9.17) is 4.84 Å². The van der Waals surface area contributed by atoms with Crippen molar-refractivity contribution in [3.8, 4) is 0 Å². The molecule has 0 aromatic heterocycles. The number of hydrogen-bond acceptors (Lipinski definition) is 2. The van der Waals surface area contributed by atoms with Crippen LogP contribution in [0.3, 0.4) is 0 Å². The second-order valence-corrected chi connectivity index (χ2v) is 7.36. The summed E-state index contributed by atoms with van der Waals surface area (Å²) in [5, 5.41) is 2.28. The Morgan fingerprint density at radius 3 is 1.22 bits per heavy atom. The molecule has 27 heavy (non-hydrogen) atoms. The first-order valence-corrected chi connectivity index (χ1v) is 11.2. The van der Waals surface area contributed by atoms with Crippen molar-refractivity contribution in [2.24, 2.45) is 0 Å². The molecule has 0 aliphatic rings. The number of nitrogens with zero attached hydrogens (tertiary/aromatic N) is 1. The minimum atomic E-state index is 0. The van der Waals surface area contributed by atoms with Gasteiger partial charge in [0, 0.05) is 13.1 Å². The fraction of sp³-hybridized carbons (Fsp3) is 1.00. The Bertz CT molecular complexity index is 220. The Morgan fingerprint density at radius 1 is 0.481 bits per heavy atom. The quantitative estimate of drug-likeness (QED) is 0.155. The van der Waals surface area contributed by atoms with Crippen LogP contribution >= 0.6 is 0 Å². The maximum Gasteiger partial charge on any atom is 2.00 e. The van der Waals surface area contributed by atoms with E-state index in [0.29, 0.717) is 0 Å². The Labute approximate surface area is 199 Å². The van der Waals surface area contributed by atoms with Gasteiger partial charge >= 0.3 is 21.7 Å². The van der Waals surface area contributed by atoms with Gasteiger partial charge in [-0.1, -0.05) is 104 Å². The number of halogens is 2. The summed E-state index contributed by atoms with van der Waals surface area (Å²) >= 11 is 0. The average Bonchev–Trinajstić information content (AvgIpc) is 2.60. The van der Waals surface area contributed by atoms with E-state index < -0.39 is 0 Å². The largest absolute Gasteiger partial charge is 2.00 e. The average molecular weight is 460 g/mol. The standard InChI is InChI=1S/C22H47NO.2ClH.Ti/c1-4-7-10-13-15-17-20-23(24-22-19-12-9-6-3)21-18-16-14-11-8-5-2;;;/h4-22H2,1-3H3;2*1H;/q;;;+2/p-2. The molecule has 0 aliphatic carbocycles. The van der Waals surface area contributed by atoms with Crippen LogP contribution in [0.15, 0.2) is 0 Å². The van der Waals surface area contributed by atoms with Crippen molar-refractivity contribution in [1.29, 1.82) is 0 Å². The molecule has 0 heterocycles.